The van der Waals surface area contributed by atoms with Gasteiger partial charge < -0.3 is 9.47 Å². The first-order valence-electron chi connectivity index (χ1n) is 9.87. The Morgan fingerprint density at radius 1 is 0.964 bits per heavy atom. The Morgan fingerprint density at radius 3 is 2.32 bits per heavy atom. The van der Waals surface area contributed by atoms with Crippen LogP contribution in [0.5, 0.6) is 0 Å². The molecule has 6 heteroatoms. The average Bonchev–Trinajstić information content (AvgIpc) is 3.34. The minimum atomic E-state index is 0.0337. The van der Waals surface area contributed by atoms with Crippen LogP contribution in [-0.2, 0) is 6.54 Å². The topological polar surface area (TPSA) is 57.2 Å². The van der Waals surface area contributed by atoms with E-state index in [0.29, 0.717) is 5.69 Å². The van der Waals surface area contributed by atoms with Gasteiger partial charge in [-0.25, -0.2) is 0 Å². The van der Waals surface area contributed by atoms with Crippen LogP contribution in [0.4, 0.5) is 0 Å². The highest BCUT2D eigenvalue weighted by atomic mass is 16.2. The molecule has 1 aromatic carbocycles. The molecule has 3 heterocycles. The van der Waals surface area contributed by atoms with Gasteiger partial charge in [0, 0.05) is 56.2 Å². The van der Waals surface area contributed by atoms with Crippen molar-refractivity contribution in [3.8, 4) is 11.3 Å². The van der Waals surface area contributed by atoms with Crippen molar-refractivity contribution in [2.24, 2.45) is 0 Å². The molecule has 146 valence electrons. The fraction of sp³-hybridized carbons (Fsp3) is 0.364. The van der Waals surface area contributed by atoms with E-state index in [2.05, 4.69) is 45.6 Å². The smallest absolute Gasteiger partial charge is 0.271 e. The van der Waals surface area contributed by atoms with Gasteiger partial charge in [-0.05, 0) is 32.0 Å². The summed E-state index contributed by atoms with van der Waals surface area (Å²) in [4.78, 5) is 17.2. The van der Waals surface area contributed by atoms with Crippen LogP contribution in [0, 0.1) is 13.8 Å². The van der Waals surface area contributed by atoms with E-state index in [1.165, 1.54) is 11.4 Å². The third-order valence-corrected chi connectivity index (χ3v) is 5.59. The van der Waals surface area contributed by atoms with E-state index in [9.17, 15) is 4.79 Å². The van der Waals surface area contributed by atoms with E-state index in [0.717, 1.165) is 50.5 Å². The molecule has 4 rings (SSSR count). The van der Waals surface area contributed by atoms with E-state index in [1.807, 2.05) is 41.3 Å². The largest absolute Gasteiger partial charge is 0.348 e. The number of piperazine rings is 1. The Morgan fingerprint density at radius 2 is 1.64 bits per heavy atom. The number of H-pyrrole nitrogens is 1. The summed E-state index contributed by atoms with van der Waals surface area (Å²) in [6, 6.07) is 16.1. The molecule has 28 heavy (non-hydrogen) atoms. The molecule has 1 aliphatic heterocycles. The lowest BCUT2D eigenvalue weighted by molar-refractivity contribution is 0.0627. The zero-order valence-corrected chi connectivity index (χ0v) is 16.6. The number of carbonyl (C=O) groups excluding carboxylic acids is 1. The molecule has 1 saturated heterocycles. The standard InChI is InChI=1S/C22H27N5O/c1-17-8-9-18(2)27(17)15-12-25-10-13-26(14-11-25)22(28)21-16-20(23-24-21)19-6-4-3-5-7-19/h3-9,16H,10-15H2,1-2H3,(H,23,24). The lowest BCUT2D eigenvalue weighted by Crippen LogP contribution is -2.49. The molecule has 3 aromatic rings. The first-order valence-corrected chi connectivity index (χ1v) is 9.87. The second-order valence-electron chi connectivity index (χ2n) is 7.43. The second kappa shape index (κ2) is 8.02. The minimum Gasteiger partial charge on any atom is -0.348 e. The molecule has 0 bridgehead atoms. The summed E-state index contributed by atoms with van der Waals surface area (Å²) < 4.78 is 2.35. The van der Waals surface area contributed by atoms with Gasteiger partial charge in [0.25, 0.3) is 5.91 Å². The number of benzene rings is 1. The lowest BCUT2D eigenvalue weighted by Gasteiger charge is -2.34. The maximum Gasteiger partial charge on any atom is 0.271 e. The fourth-order valence-electron chi connectivity index (χ4n) is 3.83. The lowest BCUT2D eigenvalue weighted by atomic mass is 10.1. The molecule has 1 amide bonds. The van der Waals surface area contributed by atoms with Crippen molar-refractivity contribution in [2.75, 3.05) is 32.7 Å². The number of hydrogen-bond acceptors (Lipinski definition) is 3. The predicted molar refractivity (Wildman–Crippen MR) is 110 cm³/mol. The third-order valence-electron chi connectivity index (χ3n) is 5.59. The molecule has 0 saturated carbocycles. The maximum atomic E-state index is 12.8. The minimum absolute atomic E-state index is 0.0337. The maximum absolute atomic E-state index is 12.8. The quantitative estimate of drug-likeness (QED) is 0.744. The molecule has 1 fully saturated rings. The zero-order valence-electron chi connectivity index (χ0n) is 16.6. The molecular formula is C22H27N5O. The number of rotatable bonds is 5. The Bertz CT molecular complexity index is 916. The van der Waals surface area contributed by atoms with Gasteiger partial charge in [0.2, 0.25) is 0 Å². The van der Waals surface area contributed by atoms with E-state index >= 15 is 0 Å². The first-order chi connectivity index (χ1) is 13.6. The van der Waals surface area contributed by atoms with Gasteiger partial charge in [-0.15, -0.1) is 0 Å². The van der Waals surface area contributed by atoms with Crippen LogP contribution in [0.2, 0.25) is 0 Å². The molecule has 0 radical (unpaired) electrons. The van der Waals surface area contributed by atoms with Crippen LogP contribution in [0.25, 0.3) is 11.3 Å². The number of aromatic nitrogens is 3. The van der Waals surface area contributed by atoms with E-state index in [4.69, 9.17) is 0 Å². The predicted octanol–water partition coefficient (Wildman–Crippen LogP) is 2.95. The van der Waals surface area contributed by atoms with Crippen LogP contribution in [0.1, 0.15) is 21.9 Å². The molecule has 0 aliphatic carbocycles. The van der Waals surface area contributed by atoms with Gasteiger partial charge in [0.1, 0.15) is 5.69 Å². The number of nitrogens with one attached hydrogen (secondary N) is 1. The van der Waals surface area contributed by atoms with Crippen molar-refractivity contribution in [1.29, 1.82) is 0 Å². The first kappa shape index (κ1) is 18.5. The molecular weight excluding hydrogens is 350 g/mol. The summed E-state index contributed by atoms with van der Waals surface area (Å²) in [6.45, 7) is 9.63. The summed E-state index contributed by atoms with van der Waals surface area (Å²) in [6.07, 6.45) is 0. The summed E-state index contributed by atoms with van der Waals surface area (Å²) >= 11 is 0. The van der Waals surface area contributed by atoms with Gasteiger partial charge in [-0.3, -0.25) is 14.8 Å². The molecule has 0 unspecified atom stereocenters. The fourth-order valence-corrected chi connectivity index (χ4v) is 3.83. The molecule has 1 aliphatic rings. The van der Waals surface area contributed by atoms with Crippen molar-refractivity contribution >= 4 is 5.91 Å². The number of amides is 1. The van der Waals surface area contributed by atoms with Gasteiger partial charge in [-0.1, -0.05) is 30.3 Å². The number of aryl methyl sites for hydroxylation is 2. The number of carbonyl (C=O) groups is 1. The Balaban J connectivity index is 1.31. The van der Waals surface area contributed by atoms with Gasteiger partial charge in [0.05, 0.1) is 5.69 Å². The Labute approximate surface area is 165 Å². The summed E-state index contributed by atoms with van der Waals surface area (Å²) in [7, 11) is 0. The molecule has 2 aromatic heterocycles. The Hall–Kier alpha value is -2.86. The number of aromatic amines is 1. The molecule has 6 nitrogen and oxygen atoms in total. The highest BCUT2D eigenvalue weighted by molar-refractivity contribution is 5.93. The van der Waals surface area contributed by atoms with Crippen molar-refractivity contribution < 1.29 is 4.79 Å². The van der Waals surface area contributed by atoms with Crippen molar-refractivity contribution in [3.63, 3.8) is 0 Å². The second-order valence-corrected chi connectivity index (χ2v) is 7.43. The van der Waals surface area contributed by atoms with E-state index in [-0.39, 0.29) is 5.91 Å². The zero-order chi connectivity index (χ0) is 19.5. The number of hydrogen-bond donors (Lipinski definition) is 1. The summed E-state index contributed by atoms with van der Waals surface area (Å²) in [5, 5.41) is 7.22. The van der Waals surface area contributed by atoms with Gasteiger partial charge >= 0.3 is 0 Å². The Kier molecular flexibility index (Phi) is 5.30. The number of nitrogens with zero attached hydrogens (tertiary/aromatic N) is 4. The highest BCUT2D eigenvalue weighted by Crippen LogP contribution is 2.18. The normalized spacial score (nSPS) is 15.1. The van der Waals surface area contributed by atoms with E-state index in [1.54, 1.807) is 0 Å². The van der Waals surface area contributed by atoms with Crippen molar-refractivity contribution in [2.45, 2.75) is 20.4 Å². The monoisotopic (exact) mass is 377 g/mol. The average molecular weight is 377 g/mol. The molecule has 0 atom stereocenters. The van der Waals surface area contributed by atoms with Crippen LogP contribution in [0.15, 0.2) is 48.5 Å². The van der Waals surface area contributed by atoms with Gasteiger partial charge in [0.15, 0.2) is 0 Å². The molecule has 0 spiro atoms. The third kappa shape index (κ3) is 3.87. The van der Waals surface area contributed by atoms with Crippen molar-refractivity contribution in [3.05, 3.63) is 65.6 Å². The summed E-state index contributed by atoms with van der Waals surface area (Å²) in [5.41, 5.74) is 4.99. The SMILES string of the molecule is Cc1ccc(C)n1CCN1CCN(C(=O)c2cc(-c3ccccc3)n[nH]2)CC1. The molecule has 1 N–H and O–H groups in total. The van der Waals surface area contributed by atoms with Gasteiger partial charge in [-0.2, -0.15) is 5.10 Å². The van der Waals surface area contributed by atoms with Crippen LogP contribution >= 0.6 is 0 Å². The highest BCUT2D eigenvalue weighted by Gasteiger charge is 2.23. The van der Waals surface area contributed by atoms with Crippen LogP contribution < -0.4 is 0 Å². The van der Waals surface area contributed by atoms with E-state index < -0.39 is 0 Å². The summed E-state index contributed by atoms with van der Waals surface area (Å²) in [5.74, 6) is 0.0337. The van der Waals surface area contributed by atoms with Crippen LogP contribution in [-0.4, -0.2) is 63.2 Å². The van der Waals surface area contributed by atoms with Crippen molar-refractivity contribution in [1.82, 2.24) is 24.6 Å². The van der Waals surface area contributed by atoms with Crippen LogP contribution in [0.3, 0.4) is 0 Å².